The SMILES string of the molecule is C=CC=CC(C=C(C#N)C=Cc1ccccc1)=C(C(=O)O)C(C=CC#N)(C=CC=C)C=Cc1ccccc1. The molecule has 4 nitrogen and oxygen atoms in total. The molecular formula is C34H28N2O2. The van der Waals surface area contributed by atoms with Gasteiger partial charge in [-0.3, -0.25) is 0 Å². The first kappa shape index (κ1) is 28.8. The summed E-state index contributed by atoms with van der Waals surface area (Å²) in [5, 5.41) is 29.7. The standard InChI is InChI=1S/C34H28N2O2/c1-3-5-18-31(26-30(27-36)20-19-28-14-9-7-10-15-28)32(33(37)38)34(22-6-4-2,23-13-25-35)24-21-29-16-11-8-12-17-29/h3-24,26H,1-2H2,(H,37,38). The smallest absolute Gasteiger partial charge is 0.333 e. The summed E-state index contributed by atoms with van der Waals surface area (Å²) in [6, 6.07) is 23.0. The number of hydrogen-bond acceptors (Lipinski definition) is 3. The minimum atomic E-state index is -1.35. The molecule has 0 aliphatic carbocycles. The third-order valence-electron chi connectivity index (χ3n) is 5.34. The quantitative estimate of drug-likeness (QED) is 0.185. The van der Waals surface area contributed by atoms with Crippen LogP contribution in [0.15, 0.2) is 157 Å². The second-order valence-corrected chi connectivity index (χ2v) is 7.92. The van der Waals surface area contributed by atoms with E-state index in [9.17, 15) is 20.4 Å². The summed E-state index contributed by atoms with van der Waals surface area (Å²) in [7, 11) is 0. The Labute approximate surface area is 224 Å². The molecule has 186 valence electrons. The van der Waals surface area contributed by atoms with Crippen LogP contribution in [0, 0.1) is 28.1 Å². The van der Waals surface area contributed by atoms with Gasteiger partial charge in [-0.15, -0.1) is 0 Å². The van der Waals surface area contributed by atoms with Gasteiger partial charge in [0.1, 0.15) is 0 Å². The molecule has 0 aliphatic rings. The van der Waals surface area contributed by atoms with Crippen LogP contribution in [-0.4, -0.2) is 11.1 Å². The van der Waals surface area contributed by atoms with Crippen LogP contribution in [0.3, 0.4) is 0 Å². The van der Waals surface area contributed by atoms with Gasteiger partial charge in [-0.2, -0.15) is 10.5 Å². The molecule has 1 N–H and O–H groups in total. The molecule has 0 bridgehead atoms. The van der Waals surface area contributed by atoms with Crippen molar-refractivity contribution in [1.82, 2.24) is 0 Å². The Morgan fingerprint density at radius 1 is 0.816 bits per heavy atom. The Balaban J connectivity index is 2.91. The number of nitrogens with zero attached hydrogens (tertiary/aromatic N) is 2. The Kier molecular flexibility index (Phi) is 11.8. The van der Waals surface area contributed by atoms with Crippen molar-refractivity contribution in [3.8, 4) is 12.1 Å². The molecule has 2 aromatic rings. The third-order valence-corrected chi connectivity index (χ3v) is 5.34. The van der Waals surface area contributed by atoms with Crippen LogP contribution in [-0.2, 0) is 4.79 Å². The van der Waals surface area contributed by atoms with Gasteiger partial charge in [-0.05, 0) is 28.9 Å². The summed E-state index contributed by atoms with van der Waals surface area (Å²) < 4.78 is 0. The van der Waals surface area contributed by atoms with E-state index < -0.39 is 11.4 Å². The van der Waals surface area contributed by atoms with E-state index >= 15 is 0 Å². The number of hydrogen-bond donors (Lipinski definition) is 1. The van der Waals surface area contributed by atoms with Gasteiger partial charge in [0.15, 0.2) is 0 Å². The molecule has 0 aromatic heterocycles. The molecule has 0 saturated heterocycles. The predicted octanol–water partition coefficient (Wildman–Crippen LogP) is 7.79. The highest BCUT2D eigenvalue weighted by Gasteiger charge is 2.33. The number of carboxylic acid groups (broad SMARTS) is 1. The first-order chi connectivity index (χ1) is 18.5. The largest absolute Gasteiger partial charge is 0.478 e. The molecular weight excluding hydrogens is 468 g/mol. The van der Waals surface area contributed by atoms with E-state index in [4.69, 9.17) is 0 Å². The number of allylic oxidation sites excluding steroid dienone is 13. The zero-order valence-corrected chi connectivity index (χ0v) is 20.9. The number of benzene rings is 2. The maximum atomic E-state index is 12.9. The van der Waals surface area contributed by atoms with Crippen LogP contribution in [0.5, 0.6) is 0 Å². The Bertz CT molecular complexity index is 1420. The molecule has 0 fully saturated rings. The zero-order chi connectivity index (χ0) is 27.6. The van der Waals surface area contributed by atoms with E-state index in [0.717, 1.165) is 11.1 Å². The van der Waals surface area contributed by atoms with E-state index in [1.807, 2.05) is 66.7 Å². The lowest BCUT2D eigenvalue weighted by molar-refractivity contribution is -0.133. The number of carbonyl (C=O) groups is 1. The molecule has 4 heteroatoms. The Morgan fingerprint density at radius 2 is 1.42 bits per heavy atom. The highest BCUT2D eigenvalue weighted by Crippen LogP contribution is 2.37. The second-order valence-electron chi connectivity index (χ2n) is 7.92. The van der Waals surface area contributed by atoms with E-state index in [2.05, 4.69) is 19.2 Å². The van der Waals surface area contributed by atoms with Crippen LogP contribution in [0.1, 0.15) is 11.1 Å². The van der Waals surface area contributed by atoms with Gasteiger partial charge in [-0.1, -0.05) is 135 Å². The van der Waals surface area contributed by atoms with Crippen molar-refractivity contribution in [2.75, 3.05) is 0 Å². The maximum Gasteiger partial charge on any atom is 0.333 e. The first-order valence-electron chi connectivity index (χ1n) is 11.7. The summed E-state index contributed by atoms with van der Waals surface area (Å²) in [5.41, 5.74) is 0.835. The molecule has 1 unspecified atom stereocenters. The van der Waals surface area contributed by atoms with Crippen molar-refractivity contribution in [3.05, 3.63) is 169 Å². The fourth-order valence-corrected chi connectivity index (χ4v) is 3.59. The van der Waals surface area contributed by atoms with Crippen LogP contribution >= 0.6 is 0 Å². The van der Waals surface area contributed by atoms with Crippen molar-refractivity contribution >= 4 is 18.1 Å². The van der Waals surface area contributed by atoms with Crippen molar-refractivity contribution in [1.29, 1.82) is 10.5 Å². The summed E-state index contributed by atoms with van der Waals surface area (Å²) in [6.07, 6.45) is 20.7. The monoisotopic (exact) mass is 496 g/mol. The molecule has 2 rings (SSSR count). The molecule has 2 aromatic carbocycles. The van der Waals surface area contributed by atoms with E-state index in [0.29, 0.717) is 0 Å². The average molecular weight is 497 g/mol. The lowest BCUT2D eigenvalue weighted by Crippen LogP contribution is -2.23. The molecule has 0 spiro atoms. The summed E-state index contributed by atoms with van der Waals surface area (Å²) in [4.78, 5) is 12.9. The predicted molar refractivity (Wildman–Crippen MR) is 155 cm³/mol. The number of aliphatic carboxylic acids is 1. The van der Waals surface area contributed by atoms with Crippen molar-refractivity contribution < 1.29 is 9.90 Å². The molecule has 1 atom stereocenters. The van der Waals surface area contributed by atoms with Gasteiger partial charge >= 0.3 is 5.97 Å². The van der Waals surface area contributed by atoms with Gasteiger partial charge in [0.2, 0.25) is 0 Å². The van der Waals surface area contributed by atoms with Crippen LogP contribution < -0.4 is 0 Å². The Hall–Kier alpha value is -5.45. The van der Waals surface area contributed by atoms with Gasteiger partial charge in [0.05, 0.1) is 28.7 Å². The zero-order valence-electron chi connectivity index (χ0n) is 20.9. The minimum Gasteiger partial charge on any atom is -0.478 e. The first-order valence-corrected chi connectivity index (χ1v) is 11.7. The fourth-order valence-electron chi connectivity index (χ4n) is 3.59. The van der Waals surface area contributed by atoms with E-state index in [-0.39, 0.29) is 16.7 Å². The lowest BCUT2D eigenvalue weighted by Gasteiger charge is -2.26. The topological polar surface area (TPSA) is 84.9 Å². The average Bonchev–Trinajstić information content (AvgIpc) is 2.95. The Morgan fingerprint density at radius 3 is 1.95 bits per heavy atom. The summed E-state index contributed by atoms with van der Waals surface area (Å²) >= 11 is 0. The lowest BCUT2D eigenvalue weighted by atomic mass is 9.75. The van der Waals surface area contributed by atoms with Gasteiger partial charge in [-0.25, -0.2) is 4.79 Å². The number of nitriles is 2. The maximum absolute atomic E-state index is 12.9. The highest BCUT2D eigenvalue weighted by molar-refractivity contribution is 5.93. The molecule has 0 radical (unpaired) electrons. The van der Waals surface area contributed by atoms with E-state index in [1.54, 1.807) is 48.6 Å². The molecule has 0 aliphatic heterocycles. The molecule has 0 amide bonds. The van der Waals surface area contributed by atoms with E-state index in [1.165, 1.54) is 30.4 Å². The van der Waals surface area contributed by atoms with Crippen molar-refractivity contribution in [2.45, 2.75) is 0 Å². The van der Waals surface area contributed by atoms with Gasteiger partial charge in [0.25, 0.3) is 0 Å². The summed E-state index contributed by atoms with van der Waals surface area (Å²) in [5.74, 6) is -1.22. The fraction of sp³-hybridized carbons (Fsp3) is 0.0294. The molecule has 0 saturated carbocycles. The number of rotatable bonds is 12. The minimum absolute atomic E-state index is 0.0618. The van der Waals surface area contributed by atoms with Crippen LogP contribution in [0.4, 0.5) is 0 Å². The van der Waals surface area contributed by atoms with Crippen molar-refractivity contribution in [3.63, 3.8) is 0 Å². The highest BCUT2D eigenvalue weighted by atomic mass is 16.4. The van der Waals surface area contributed by atoms with Crippen molar-refractivity contribution in [2.24, 2.45) is 5.41 Å². The molecule has 38 heavy (non-hydrogen) atoms. The molecule has 0 heterocycles. The van der Waals surface area contributed by atoms with Crippen LogP contribution in [0.2, 0.25) is 0 Å². The number of carboxylic acids is 1. The summed E-state index contributed by atoms with van der Waals surface area (Å²) in [6.45, 7) is 7.42. The normalized spacial score (nSPS) is 14.4. The second kappa shape index (κ2) is 15.5. The van der Waals surface area contributed by atoms with Gasteiger partial charge in [0, 0.05) is 6.08 Å². The van der Waals surface area contributed by atoms with Crippen LogP contribution in [0.25, 0.3) is 12.2 Å². The van der Waals surface area contributed by atoms with Gasteiger partial charge < -0.3 is 5.11 Å². The third kappa shape index (κ3) is 8.64.